The van der Waals surface area contributed by atoms with Crippen molar-refractivity contribution < 1.29 is 17.9 Å². The van der Waals surface area contributed by atoms with Gasteiger partial charge in [0.15, 0.2) is 11.5 Å². The average Bonchev–Trinajstić information content (AvgIpc) is 3.67. The number of halogens is 3. The number of nitrogens with zero attached hydrogens (tertiary/aromatic N) is 6. The van der Waals surface area contributed by atoms with E-state index in [1.54, 1.807) is 25.4 Å². The molecule has 0 radical (unpaired) electrons. The van der Waals surface area contributed by atoms with Gasteiger partial charge in [0.1, 0.15) is 23.5 Å². The van der Waals surface area contributed by atoms with Crippen LogP contribution in [-0.4, -0.2) is 36.6 Å². The van der Waals surface area contributed by atoms with E-state index in [0.717, 1.165) is 35.9 Å². The number of benzene rings is 1. The Bertz CT molecular complexity index is 1460. The summed E-state index contributed by atoms with van der Waals surface area (Å²) in [6, 6.07) is 7.04. The van der Waals surface area contributed by atoms with Gasteiger partial charge in [-0.3, -0.25) is 0 Å². The van der Waals surface area contributed by atoms with Crippen LogP contribution in [0.1, 0.15) is 61.2 Å². The van der Waals surface area contributed by atoms with Crippen molar-refractivity contribution in [3.63, 3.8) is 0 Å². The van der Waals surface area contributed by atoms with E-state index in [2.05, 4.69) is 25.3 Å². The fourth-order valence-electron chi connectivity index (χ4n) is 4.34. The predicted octanol–water partition coefficient (Wildman–Crippen LogP) is 5.35. The van der Waals surface area contributed by atoms with Crippen molar-refractivity contribution in [3.8, 4) is 28.7 Å². The third kappa shape index (κ3) is 5.56. The molecule has 0 unspecified atom stereocenters. The van der Waals surface area contributed by atoms with Gasteiger partial charge >= 0.3 is 6.18 Å². The summed E-state index contributed by atoms with van der Waals surface area (Å²) in [6.07, 6.45) is 1.81. The molecule has 0 saturated heterocycles. The molecule has 3 heterocycles. The third-order valence-electron chi connectivity index (χ3n) is 6.56. The number of rotatable bonds is 9. The average molecular weight is 539 g/mol. The molecule has 3 aromatic heterocycles. The Morgan fingerprint density at radius 1 is 1.10 bits per heavy atom. The summed E-state index contributed by atoms with van der Waals surface area (Å²) in [5.74, 6) is 2.05. The highest BCUT2D eigenvalue weighted by Gasteiger charge is 2.35. The first-order chi connectivity index (χ1) is 18.7. The van der Waals surface area contributed by atoms with Crippen LogP contribution < -0.4 is 15.8 Å². The van der Waals surface area contributed by atoms with Crippen LogP contribution in [0.4, 0.5) is 19.0 Å². The van der Waals surface area contributed by atoms with E-state index in [1.807, 2.05) is 26.0 Å². The van der Waals surface area contributed by atoms with E-state index in [9.17, 15) is 13.2 Å². The molecule has 0 aliphatic heterocycles. The molecule has 3 N–H and O–H groups in total. The van der Waals surface area contributed by atoms with Crippen LogP contribution in [0.2, 0.25) is 0 Å². The van der Waals surface area contributed by atoms with Gasteiger partial charge in [-0.2, -0.15) is 13.2 Å². The second-order valence-electron chi connectivity index (χ2n) is 9.69. The first kappa shape index (κ1) is 26.5. The maximum absolute atomic E-state index is 13.3. The molecule has 0 amide bonds. The van der Waals surface area contributed by atoms with Crippen LogP contribution in [0.15, 0.2) is 43.0 Å². The second kappa shape index (κ2) is 10.6. The van der Waals surface area contributed by atoms with Crippen molar-refractivity contribution in [2.45, 2.75) is 57.9 Å². The molecule has 39 heavy (non-hydrogen) atoms. The van der Waals surface area contributed by atoms with Gasteiger partial charge < -0.3 is 20.4 Å². The molecule has 0 atom stereocenters. The third-order valence-corrected chi connectivity index (χ3v) is 6.56. The Balaban J connectivity index is 1.39. The van der Waals surface area contributed by atoms with Gasteiger partial charge in [0.05, 0.1) is 12.8 Å². The molecular formula is C27H29F3N8O. The summed E-state index contributed by atoms with van der Waals surface area (Å²) in [5, 5.41) is 3.32. The molecule has 1 aromatic carbocycles. The lowest BCUT2D eigenvalue weighted by Crippen LogP contribution is -2.10. The molecule has 9 nitrogen and oxygen atoms in total. The summed E-state index contributed by atoms with van der Waals surface area (Å²) in [7, 11) is 1.55. The topological polar surface area (TPSA) is 117 Å². The fraction of sp³-hybridized carbons (Fsp3) is 0.370. The maximum atomic E-state index is 13.3. The van der Waals surface area contributed by atoms with Gasteiger partial charge in [0.25, 0.3) is 0 Å². The first-order valence-electron chi connectivity index (χ1n) is 12.6. The van der Waals surface area contributed by atoms with Gasteiger partial charge in [-0.05, 0) is 32.3 Å². The van der Waals surface area contributed by atoms with E-state index in [4.69, 9.17) is 15.5 Å². The number of methoxy groups -OCH3 is 1. The van der Waals surface area contributed by atoms with Crippen molar-refractivity contribution in [3.05, 3.63) is 65.5 Å². The number of alkyl halides is 3. The Labute approximate surface area is 223 Å². The molecule has 1 aliphatic carbocycles. The lowest BCUT2D eigenvalue weighted by Gasteiger charge is -2.14. The van der Waals surface area contributed by atoms with Crippen molar-refractivity contribution >= 4 is 5.82 Å². The molecule has 0 spiro atoms. The van der Waals surface area contributed by atoms with Crippen LogP contribution in [0.25, 0.3) is 22.8 Å². The number of aromatic nitrogens is 6. The minimum atomic E-state index is -4.51. The van der Waals surface area contributed by atoms with Gasteiger partial charge in [0.2, 0.25) is 5.88 Å². The van der Waals surface area contributed by atoms with Crippen molar-refractivity contribution in [2.24, 2.45) is 5.73 Å². The number of hydrogen-bond donors (Lipinski definition) is 2. The molecule has 1 aliphatic rings. The molecule has 5 rings (SSSR count). The van der Waals surface area contributed by atoms with Gasteiger partial charge in [-0.15, -0.1) is 0 Å². The summed E-state index contributed by atoms with van der Waals surface area (Å²) < 4.78 is 46.8. The Kier molecular flexibility index (Phi) is 7.21. The largest absolute Gasteiger partial charge is 0.480 e. The van der Waals surface area contributed by atoms with Gasteiger partial charge in [0, 0.05) is 48.6 Å². The summed E-state index contributed by atoms with van der Waals surface area (Å²) in [4.78, 5) is 21.9. The van der Waals surface area contributed by atoms with Crippen LogP contribution >= 0.6 is 0 Å². The minimum Gasteiger partial charge on any atom is -0.480 e. The number of anilines is 1. The minimum absolute atomic E-state index is 0.180. The zero-order valence-corrected chi connectivity index (χ0v) is 21.8. The van der Waals surface area contributed by atoms with E-state index >= 15 is 0 Å². The first-order valence-corrected chi connectivity index (χ1v) is 12.6. The van der Waals surface area contributed by atoms with E-state index in [-0.39, 0.29) is 18.4 Å². The zero-order chi connectivity index (χ0) is 27.7. The number of imidazole rings is 1. The lowest BCUT2D eigenvalue weighted by molar-refractivity contribution is -0.140. The summed E-state index contributed by atoms with van der Waals surface area (Å²) in [5.41, 5.74) is 8.83. The number of ether oxygens (including phenoxy) is 1. The van der Waals surface area contributed by atoms with Crippen LogP contribution in [0.3, 0.4) is 0 Å². The lowest BCUT2D eigenvalue weighted by atomic mass is 10.1. The smallest absolute Gasteiger partial charge is 0.434 e. The second-order valence-corrected chi connectivity index (χ2v) is 9.69. The van der Waals surface area contributed by atoms with Crippen LogP contribution in [0.5, 0.6) is 5.88 Å². The zero-order valence-electron chi connectivity index (χ0n) is 21.8. The Morgan fingerprint density at radius 3 is 2.46 bits per heavy atom. The summed E-state index contributed by atoms with van der Waals surface area (Å²) in [6.45, 7) is 4.28. The molecule has 4 aromatic rings. The highest BCUT2D eigenvalue weighted by Crippen LogP contribution is 2.45. The Hall–Kier alpha value is -4.06. The highest BCUT2D eigenvalue weighted by atomic mass is 19.4. The number of hydrogen-bond acceptors (Lipinski definition) is 8. The van der Waals surface area contributed by atoms with E-state index in [0.29, 0.717) is 41.1 Å². The SMILES string of the molecule is COc1ncnc(C2CC2)c1-c1ncc(CN)c(NCc2ccc(-c3nc(C(F)(F)F)cn3C(C)C)cc2)n1. The quantitative estimate of drug-likeness (QED) is 0.293. The highest BCUT2D eigenvalue weighted by molar-refractivity contribution is 5.67. The Morgan fingerprint density at radius 2 is 1.85 bits per heavy atom. The molecule has 1 saturated carbocycles. The van der Waals surface area contributed by atoms with Gasteiger partial charge in [-0.25, -0.2) is 24.9 Å². The van der Waals surface area contributed by atoms with Crippen molar-refractivity contribution in [2.75, 3.05) is 12.4 Å². The molecule has 204 valence electrons. The monoisotopic (exact) mass is 538 g/mol. The van der Waals surface area contributed by atoms with E-state index < -0.39 is 11.9 Å². The molecule has 1 fully saturated rings. The van der Waals surface area contributed by atoms with Crippen LogP contribution in [-0.2, 0) is 19.3 Å². The number of nitrogens with two attached hydrogens (primary N) is 1. The standard InChI is InChI=1S/C27H29F3N8O/c1-15(2)38-13-20(27(28,29)30)36-25(38)18-6-4-16(5-7-18)11-32-23-19(10-31)12-33-24(37-23)21-22(17-8-9-17)34-14-35-26(21)39-3/h4-7,12-15,17H,8-11,31H2,1-3H3,(H,32,33,37). The predicted molar refractivity (Wildman–Crippen MR) is 140 cm³/mol. The number of nitrogens with one attached hydrogen (secondary N) is 1. The maximum Gasteiger partial charge on any atom is 0.434 e. The molecular weight excluding hydrogens is 509 g/mol. The van der Waals surface area contributed by atoms with Crippen molar-refractivity contribution in [1.29, 1.82) is 0 Å². The fourth-order valence-corrected chi connectivity index (χ4v) is 4.34. The molecule has 0 bridgehead atoms. The van der Waals surface area contributed by atoms with E-state index in [1.165, 1.54) is 10.9 Å². The van der Waals surface area contributed by atoms with Crippen molar-refractivity contribution in [1.82, 2.24) is 29.5 Å². The molecule has 12 heteroatoms. The normalized spacial score (nSPS) is 13.6. The van der Waals surface area contributed by atoms with Gasteiger partial charge in [-0.1, -0.05) is 24.3 Å². The van der Waals surface area contributed by atoms with Crippen LogP contribution in [0, 0.1) is 0 Å². The summed E-state index contributed by atoms with van der Waals surface area (Å²) >= 11 is 0.